The highest BCUT2D eigenvalue weighted by Crippen LogP contribution is 2.19. The van der Waals surface area contributed by atoms with E-state index in [9.17, 15) is 19.1 Å². The molecule has 0 aliphatic rings. The first kappa shape index (κ1) is 15.2. The van der Waals surface area contributed by atoms with Crippen LogP contribution in [0.5, 0.6) is 0 Å². The molecule has 0 bridgehead atoms. The highest BCUT2D eigenvalue weighted by molar-refractivity contribution is 6.31. The Morgan fingerprint density at radius 2 is 1.87 bits per heavy atom. The lowest BCUT2D eigenvalue weighted by Gasteiger charge is -2.13. The van der Waals surface area contributed by atoms with Gasteiger partial charge in [-0.1, -0.05) is 23.7 Å². The summed E-state index contributed by atoms with van der Waals surface area (Å²) in [4.78, 5) is 23.5. The average Bonchev–Trinajstić information content (AvgIpc) is 2.51. The second-order valence-corrected chi connectivity index (χ2v) is 5.53. The number of pyridine rings is 1. The van der Waals surface area contributed by atoms with Crippen LogP contribution in [0.1, 0.15) is 15.9 Å². The minimum atomic E-state index is -1.29. The summed E-state index contributed by atoms with van der Waals surface area (Å²) in [6.45, 7) is 0.289. The molecule has 1 aromatic heterocycles. The Kier molecular flexibility index (Phi) is 3.88. The Morgan fingerprint density at radius 3 is 2.52 bits per heavy atom. The molecule has 0 saturated carbocycles. The molecule has 0 saturated heterocycles. The van der Waals surface area contributed by atoms with E-state index >= 15 is 0 Å². The number of aromatic nitrogens is 1. The number of rotatable bonds is 3. The molecular formula is C17H11ClFNO3. The van der Waals surface area contributed by atoms with E-state index in [4.69, 9.17) is 11.6 Å². The number of aromatic carboxylic acids is 1. The number of nitrogens with zero attached hydrogens (tertiary/aromatic N) is 1. The number of carbonyl (C=O) groups is 1. The number of carboxylic acids is 1. The average molecular weight is 332 g/mol. The van der Waals surface area contributed by atoms with Crippen LogP contribution >= 0.6 is 11.6 Å². The maximum atomic E-state index is 13.0. The molecule has 0 aliphatic carbocycles. The van der Waals surface area contributed by atoms with E-state index in [1.807, 2.05) is 0 Å². The third kappa shape index (κ3) is 2.96. The lowest BCUT2D eigenvalue weighted by atomic mass is 10.1. The molecule has 0 unspecified atom stereocenters. The molecule has 0 fully saturated rings. The summed E-state index contributed by atoms with van der Waals surface area (Å²) in [5, 5.41) is 9.93. The minimum Gasteiger partial charge on any atom is -0.477 e. The van der Waals surface area contributed by atoms with E-state index in [0.717, 1.165) is 5.56 Å². The minimum absolute atomic E-state index is 0.274. The zero-order chi connectivity index (χ0) is 16.6. The smallest absolute Gasteiger partial charge is 0.341 e. The van der Waals surface area contributed by atoms with Gasteiger partial charge in [0, 0.05) is 23.2 Å². The van der Waals surface area contributed by atoms with Crippen molar-refractivity contribution in [2.45, 2.75) is 6.54 Å². The lowest BCUT2D eigenvalue weighted by molar-refractivity contribution is 0.0695. The molecule has 2 aromatic carbocycles. The van der Waals surface area contributed by atoms with Crippen LogP contribution in [0, 0.1) is 5.82 Å². The predicted octanol–water partition coefficient (Wildman–Crippen LogP) is 3.54. The highest BCUT2D eigenvalue weighted by Gasteiger charge is 2.15. The van der Waals surface area contributed by atoms with Gasteiger partial charge in [-0.15, -0.1) is 0 Å². The Balaban J connectivity index is 2.23. The van der Waals surface area contributed by atoms with E-state index in [-0.39, 0.29) is 23.3 Å². The standard InChI is InChI=1S/C17H11ClFNO3/c18-11-3-6-13-15(7-11)20(9-14(16(13)21)17(22)23)8-10-1-4-12(19)5-2-10/h1-7,9H,8H2,(H,22,23). The van der Waals surface area contributed by atoms with Crippen LogP contribution in [0.25, 0.3) is 10.9 Å². The van der Waals surface area contributed by atoms with E-state index in [0.29, 0.717) is 10.5 Å². The molecule has 4 nitrogen and oxygen atoms in total. The molecular weight excluding hydrogens is 321 g/mol. The fraction of sp³-hybridized carbons (Fsp3) is 0.0588. The van der Waals surface area contributed by atoms with Gasteiger partial charge in [-0.2, -0.15) is 0 Å². The van der Waals surface area contributed by atoms with Crippen LogP contribution in [-0.2, 0) is 6.54 Å². The van der Waals surface area contributed by atoms with E-state index in [1.54, 1.807) is 28.8 Å². The predicted molar refractivity (Wildman–Crippen MR) is 85.7 cm³/mol. The first-order valence-corrected chi connectivity index (χ1v) is 7.14. The number of fused-ring (bicyclic) bond motifs is 1. The maximum absolute atomic E-state index is 13.0. The Morgan fingerprint density at radius 1 is 1.17 bits per heavy atom. The van der Waals surface area contributed by atoms with Crippen molar-refractivity contribution < 1.29 is 14.3 Å². The van der Waals surface area contributed by atoms with Crippen molar-refractivity contribution >= 4 is 28.5 Å². The number of carboxylic acid groups (broad SMARTS) is 1. The summed E-state index contributed by atoms with van der Waals surface area (Å²) in [6, 6.07) is 10.5. The van der Waals surface area contributed by atoms with Gasteiger partial charge in [0.05, 0.1) is 5.52 Å². The second kappa shape index (κ2) is 5.85. The van der Waals surface area contributed by atoms with Crippen molar-refractivity contribution in [3.05, 3.63) is 80.9 Å². The van der Waals surface area contributed by atoms with E-state index in [1.165, 1.54) is 24.4 Å². The summed E-state index contributed by atoms with van der Waals surface area (Å²) in [6.07, 6.45) is 1.28. The first-order valence-electron chi connectivity index (χ1n) is 6.76. The molecule has 0 spiro atoms. The van der Waals surface area contributed by atoms with Crippen LogP contribution in [0.3, 0.4) is 0 Å². The second-order valence-electron chi connectivity index (χ2n) is 5.09. The number of benzene rings is 2. The monoisotopic (exact) mass is 331 g/mol. The molecule has 6 heteroatoms. The molecule has 3 rings (SSSR count). The van der Waals surface area contributed by atoms with Crippen molar-refractivity contribution in [2.75, 3.05) is 0 Å². The largest absolute Gasteiger partial charge is 0.477 e. The SMILES string of the molecule is O=C(O)c1cn(Cc2ccc(F)cc2)c2cc(Cl)ccc2c1=O. The molecule has 0 aliphatic heterocycles. The maximum Gasteiger partial charge on any atom is 0.341 e. The van der Waals surface area contributed by atoms with Crippen LogP contribution in [0.15, 0.2) is 53.5 Å². The van der Waals surface area contributed by atoms with Crippen molar-refractivity contribution in [3.63, 3.8) is 0 Å². The van der Waals surface area contributed by atoms with Gasteiger partial charge >= 0.3 is 5.97 Å². The summed E-state index contributed by atoms with van der Waals surface area (Å²) >= 11 is 5.99. The number of halogens is 2. The molecule has 3 aromatic rings. The Hall–Kier alpha value is -2.66. The van der Waals surface area contributed by atoms with Crippen molar-refractivity contribution in [3.8, 4) is 0 Å². The normalized spacial score (nSPS) is 10.9. The van der Waals surface area contributed by atoms with Crippen LogP contribution < -0.4 is 5.43 Å². The zero-order valence-corrected chi connectivity index (χ0v) is 12.5. The quantitative estimate of drug-likeness (QED) is 0.798. The third-order valence-corrected chi connectivity index (χ3v) is 3.78. The van der Waals surface area contributed by atoms with Gasteiger partial charge in [-0.25, -0.2) is 9.18 Å². The van der Waals surface area contributed by atoms with E-state index in [2.05, 4.69) is 0 Å². The zero-order valence-electron chi connectivity index (χ0n) is 11.8. The topological polar surface area (TPSA) is 59.3 Å². The Labute approximate surface area is 135 Å². The van der Waals surface area contributed by atoms with Gasteiger partial charge in [0.2, 0.25) is 5.43 Å². The molecule has 0 amide bonds. The fourth-order valence-corrected chi connectivity index (χ4v) is 2.60. The van der Waals surface area contributed by atoms with E-state index < -0.39 is 11.4 Å². The number of hydrogen-bond donors (Lipinski definition) is 1. The molecule has 1 heterocycles. The van der Waals surface area contributed by atoms with Gasteiger partial charge in [0.25, 0.3) is 0 Å². The molecule has 0 radical (unpaired) electrons. The molecule has 1 N–H and O–H groups in total. The summed E-state index contributed by atoms with van der Waals surface area (Å²) in [7, 11) is 0. The Bertz CT molecular complexity index is 964. The summed E-state index contributed by atoms with van der Waals surface area (Å²) < 4.78 is 14.6. The van der Waals surface area contributed by atoms with Gasteiger partial charge in [0.1, 0.15) is 11.4 Å². The van der Waals surface area contributed by atoms with Gasteiger partial charge in [0.15, 0.2) is 0 Å². The van der Waals surface area contributed by atoms with Gasteiger partial charge in [-0.05, 0) is 35.9 Å². The summed E-state index contributed by atoms with van der Waals surface area (Å²) in [5.41, 5.74) is 0.422. The van der Waals surface area contributed by atoms with Crippen LogP contribution in [0.2, 0.25) is 5.02 Å². The highest BCUT2D eigenvalue weighted by atomic mass is 35.5. The summed E-state index contributed by atoms with van der Waals surface area (Å²) in [5.74, 6) is -1.65. The van der Waals surface area contributed by atoms with Gasteiger partial charge in [-0.3, -0.25) is 4.79 Å². The lowest BCUT2D eigenvalue weighted by Crippen LogP contribution is -2.19. The molecule has 116 valence electrons. The first-order chi connectivity index (χ1) is 11.0. The fourth-order valence-electron chi connectivity index (χ4n) is 2.43. The van der Waals surface area contributed by atoms with Crippen molar-refractivity contribution in [1.29, 1.82) is 0 Å². The van der Waals surface area contributed by atoms with Gasteiger partial charge < -0.3 is 9.67 Å². The van der Waals surface area contributed by atoms with Crippen LogP contribution in [0.4, 0.5) is 4.39 Å². The third-order valence-electron chi connectivity index (χ3n) is 3.54. The molecule has 23 heavy (non-hydrogen) atoms. The van der Waals surface area contributed by atoms with Crippen LogP contribution in [-0.4, -0.2) is 15.6 Å². The molecule has 0 atom stereocenters. The van der Waals surface area contributed by atoms with Crippen molar-refractivity contribution in [2.24, 2.45) is 0 Å². The van der Waals surface area contributed by atoms with Crippen molar-refractivity contribution in [1.82, 2.24) is 4.57 Å². The number of hydrogen-bond acceptors (Lipinski definition) is 2.